The highest BCUT2D eigenvalue weighted by Gasteiger charge is 2.34. The Labute approximate surface area is 146 Å². The molecule has 2 saturated carbocycles. The predicted molar refractivity (Wildman–Crippen MR) is 94.8 cm³/mol. The Morgan fingerprint density at radius 2 is 1.88 bits per heavy atom. The monoisotopic (exact) mass is 344 g/mol. The van der Waals surface area contributed by atoms with E-state index in [1.54, 1.807) is 24.2 Å². The van der Waals surface area contributed by atoms with Crippen molar-refractivity contribution in [2.75, 3.05) is 5.75 Å². The van der Waals surface area contributed by atoms with Crippen LogP contribution in [-0.2, 0) is 0 Å². The van der Waals surface area contributed by atoms with Gasteiger partial charge in [0, 0.05) is 29.8 Å². The van der Waals surface area contributed by atoms with Crippen LogP contribution >= 0.6 is 11.8 Å². The van der Waals surface area contributed by atoms with Crippen molar-refractivity contribution in [2.24, 2.45) is 5.92 Å². The van der Waals surface area contributed by atoms with Gasteiger partial charge >= 0.3 is 0 Å². The maximum atomic E-state index is 10.8. The second kappa shape index (κ2) is 6.48. The predicted octanol–water partition coefficient (Wildman–Crippen LogP) is 3.71. The molecule has 0 saturated heterocycles. The first kappa shape index (κ1) is 16.1. The normalized spacial score (nSPS) is 27.3. The van der Waals surface area contributed by atoms with E-state index in [9.17, 15) is 5.11 Å². The lowest BCUT2D eigenvalue weighted by molar-refractivity contribution is 0.0149. The van der Waals surface area contributed by atoms with Gasteiger partial charge in [0.05, 0.1) is 5.60 Å². The lowest BCUT2D eigenvalue weighted by atomic mass is 9.81. The zero-order valence-electron chi connectivity index (χ0n) is 14.1. The topological polar surface area (TPSA) is 63.8 Å². The van der Waals surface area contributed by atoms with Gasteiger partial charge in [-0.05, 0) is 56.6 Å². The first-order chi connectivity index (χ1) is 11.6. The van der Waals surface area contributed by atoms with Crippen LogP contribution in [0.2, 0.25) is 0 Å². The summed E-state index contributed by atoms with van der Waals surface area (Å²) in [5.74, 6) is 2.37. The molecule has 2 aliphatic carbocycles. The SMILES string of the molecule is CC1CCC(O)(CSc2nnc(-c3ccncc3)n2C2CC2)CC1. The molecule has 1 N–H and O–H groups in total. The minimum Gasteiger partial charge on any atom is -0.389 e. The van der Waals surface area contributed by atoms with Gasteiger partial charge in [-0.2, -0.15) is 0 Å². The molecule has 0 aromatic carbocycles. The van der Waals surface area contributed by atoms with Crippen LogP contribution in [0.4, 0.5) is 0 Å². The third-order valence-electron chi connectivity index (χ3n) is 5.19. The fourth-order valence-electron chi connectivity index (χ4n) is 3.38. The van der Waals surface area contributed by atoms with Crippen LogP contribution in [0.15, 0.2) is 29.7 Å². The second-order valence-electron chi connectivity index (χ2n) is 7.34. The van der Waals surface area contributed by atoms with Gasteiger partial charge in [0.2, 0.25) is 0 Å². The summed E-state index contributed by atoms with van der Waals surface area (Å²) in [6.07, 6.45) is 9.99. The zero-order chi connectivity index (χ0) is 16.6. The lowest BCUT2D eigenvalue weighted by Gasteiger charge is -2.34. The Kier molecular flexibility index (Phi) is 4.35. The summed E-state index contributed by atoms with van der Waals surface area (Å²) >= 11 is 1.66. The van der Waals surface area contributed by atoms with Crippen molar-refractivity contribution in [3.63, 3.8) is 0 Å². The largest absolute Gasteiger partial charge is 0.389 e. The van der Waals surface area contributed by atoms with E-state index in [4.69, 9.17) is 0 Å². The Bertz CT molecular complexity index is 690. The molecule has 0 atom stereocenters. The van der Waals surface area contributed by atoms with Crippen molar-refractivity contribution in [3.8, 4) is 11.4 Å². The van der Waals surface area contributed by atoms with E-state index in [-0.39, 0.29) is 0 Å². The maximum absolute atomic E-state index is 10.8. The minimum absolute atomic E-state index is 0.506. The fourth-order valence-corrected chi connectivity index (χ4v) is 4.54. The average Bonchev–Trinajstić information content (AvgIpc) is 3.36. The molecular formula is C18H24N4OS. The molecule has 0 amide bonds. The highest BCUT2D eigenvalue weighted by molar-refractivity contribution is 7.99. The van der Waals surface area contributed by atoms with Gasteiger partial charge in [-0.25, -0.2) is 0 Å². The number of nitrogens with zero attached hydrogens (tertiary/aromatic N) is 4. The van der Waals surface area contributed by atoms with Gasteiger partial charge in [-0.15, -0.1) is 10.2 Å². The van der Waals surface area contributed by atoms with E-state index >= 15 is 0 Å². The summed E-state index contributed by atoms with van der Waals surface area (Å²) < 4.78 is 2.26. The van der Waals surface area contributed by atoms with Crippen LogP contribution in [0.25, 0.3) is 11.4 Å². The third kappa shape index (κ3) is 3.35. The van der Waals surface area contributed by atoms with E-state index in [2.05, 4.69) is 26.7 Å². The van der Waals surface area contributed by atoms with E-state index in [1.807, 2.05) is 12.1 Å². The van der Waals surface area contributed by atoms with Gasteiger partial charge in [0.1, 0.15) is 0 Å². The van der Waals surface area contributed by atoms with Crippen LogP contribution in [0.3, 0.4) is 0 Å². The smallest absolute Gasteiger partial charge is 0.191 e. The van der Waals surface area contributed by atoms with Crippen LogP contribution in [-0.4, -0.2) is 36.2 Å². The van der Waals surface area contributed by atoms with Gasteiger partial charge in [-0.1, -0.05) is 18.7 Å². The number of aromatic nitrogens is 4. The van der Waals surface area contributed by atoms with Crippen LogP contribution in [0, 0.1) is 5.92 Å². The van der Waals surface area contributed by atoms with Crippen molar-refractivity contribution in [2.45, 2.75) is 62.2 Å². The van der Waals surface area contributed by atoms with Gasteiger partial charge in [0.15, 0.2) is 11.0 Å². The summed E-state index contributed by atoms with van der Waals surface area (Å²) in [7, 11) is 0. The summed E-state index contributed by atoms with van der Waals surface area (Å²) in [4.78, 5) is 4.08. The quantitative estimate of drug-likeness (QED) is 0.838. The molecule has 0 unspecified atom stereocenters. The van der Waals surface area contributed by atoms with Gasteiger partial charge < -0.3 is 5.11 Å². The molecule has 2 aromatic heterocycles. The van der Waals surface area contributed by atoms with Gasteiger partial charge in [0.25, 0.3) is 0 Å². The molecule has 128 valence electrons. The Morgan fingerprint density at radius 1 is 1.17 bits per heavy atom. The van der Waals surface area contributed by atoms with Crippen LogP contribution in [0.5, 0.6) is 0 Å². The van der Waals surface area contributed by atoms with E-state index in [0.29, 0.717) is 11.8 Å². The number of rotatable bonds is 5. The molecule has 0 spiro atoms. The number of thioether (sulfide) groups is 1. The van der Waals surface area contributed by atoms with Crippen molar-refractivity contribution in [1.82, 2.24) is 19.7 Å². The molecule has 2 fully saturated rings. The summed E-state index contributed by atoms with van der Waals surface area (Å²) in [5, 5.41) is 20.6. The molecule has 4 rings (SSSR count). The van der Waals surface area contributed by atoms with E-state index < -0.39 is 5.60 Å². The number of pyridine rings is 1. The molecule has 24 heavy (non-hydrogen) atoms. The zero-order valence-corrected chi connectivity index (χ0v) is 14.9. The standard InChI is InChI=1S/C18H24N4OS/c1-13-4-8-18(23,9-5-13)12-24-17-21-20-16(22(17)15-2-3-15)14-6-10-19-11-7-14/h6-7,10-11,13,15,23H,2-5,8-9,12H2,1H3. The molecular weight excluding hydrogens is 320 g/mol. The molecule has 0 bridgehead atoms. The first-order valence-electron chi connectivity index (χ1n) is 8.85. The number of hydrogen-bond acceptors (Lipinski definition) is 5. The van der Waals surface area contributed by atoms with Crippen LogP contribution < -0.4 is 0 Å². The molecule has 0 aliphatic heterocycles. The van der Waals surface area contributed by atoms with E-state index in [0.717, 1.165) is 48.1 Å². The Balaban J connectivity index is 1.53. The fraction of sp³-hybridized carbons (Fsp3) is 0.611. The molecule has 5 nitrogen and oxygen atoms in total. The van der Waals surface area contributed by atoms with Crippen molar-refractivity contribution in [3.05, 3.63) is 24.5 Å². The van der Waals surface area contributed by atoms with Crippen molar-refractivity contribution in [1.29, 1.82) is 0 Å². The summed E-state index contributed by atoms with van der Waals surface area (Å²) in [6, 6.07) is 4.47. The second-order valence-corrected chi connectivity index (χ2v) is 8.28. The molecule has 0 radical (unpaired) electrons. The van der Waals surface area contributed by atoms with Crippen molar-refractivity contribution >= 4 is 11.8 Å². The van der Waals surface area contributed by atoms with E-state index in [1.165, 1.54) is 12.8 Å². The molecule has 2 heterocycles. The number of aliphatic hydroxyl groups is 1. The first-order valence-corrected chi connectivity index (χ1v) is 9.84. The Hall–Kier alpha value is -1.40. The Morgan fingerprint density at radius 3 is 2.54 bits per heavy atom. The summed E-state index contributed by atoms with van der Waals surface area (Å²) in [6.45, 7) is 2.28. The highest BCUT2D eigenvalue weighted by atomic mass is 32.2. The molecule has 6 heteroatoms. The summed E-state index contributed by atoms with van der Waals surface area (Å²) in [5.41, 5.74) is 0.510. The molecule has 2 aromatic rings. The van der Waals surface area contributed by atoms with Crippen molar-refractivity contribution < 1.29 is 5.11 Å². The van der Waals surface area contributed by atoms with Crippen LogP contribution in [0.1, 0.15) is 51.5 Å². The molecule has 2 aliphatic rings. The maximum Gasteiger partial charge on any atom is 0.191 e. The van der Waals surface area contributed by atoms with Gasteiger partial charge in [-0.3, -0.25) is 9.55 Å². The average molecular weight is 344 g/mol. The highest BCUT2D eigenvalue weighted by Crippen LogP contribution is 2.42. The number of hydrogen-bond donors (Lipinski definition) is 1. The third-order valence-corrected chi connectivity index (χ3v) is 6.41. The minimum atomic E-state index is -0.547. The lowest BCUT2D eigenvalue weighted by Crippen LogP contribution is -2.36.